The average Bonchev–Trinajstić information content (AvgIpc) is 2.61. The molecular formula is C16H27IN4O4. The summed E-state index contributed by atoms with van der Waals surface area (Å²) in [6, 6.07) is 5.66. The van der Waals surface area contributed by atoms with Crippen LogP contribution in [-0.2, 0) is 16.1 Å². The summed E-state index contributed by atoms with van der Waals surface area (Å²) in [4.78, 5) is 15.7. The Morgan fingerprint density at radius 3 is 2.40 bits per heavy atom. The summed E-state index contributed by atoms with van der Waals surface area (Å²) in [5.74, 6) is 1.75. The number of guanidine groups is 1. The number of amides is 1. The molecule has 3 N–H and O–H groups in total. The molecule has 0 radical (unpaired) electrons. The van der Waals surface area contributed by atoms with Gasteiger partial charge in [0.2, 0.25) is 5.91 Å². The number of benzene rings is 1. The molecule has 9 heteroatoms. The fourth-order valence-electron chi connectivity index (χ4n) is 1.92. The quantitative estimate of drug-likeness (QED) is 0.215. The SMILES string of the molecule is CN=C(NCC(=O)NCCOC)NCc1ccc(OC)c(OC)c1.I. The number of nitrogens with zero attached hydrogens (tertiary/aromatic N) is 1. The molecule has 0 atom stereocenters. The maximum Gasteiger partial charge on any atom is 0.239 e. The Labute approximate surface area is 165 Å². The molecule has 0 heterocycles. The van der Waals surface area contributed by atoms with Crippen molar-refractivity contribution in [3.05, 3.63) is 23.8 Å². The second-order valence-corrected chi connectivity index (χ2v) is 4.81. The van der Waals surface area contributed by atoms with Gasteiger partial charge in [0.05, 0.1) is 27.4 Å². The maximum atomic E-state index is 11.6. The van der Waals surface area contributed by atoms with Crippen LogP contribution in [0, 0.1) is 0 Å². The number of carbonyl (C=O) groups is 1. The summed E-state index contributed by atoms with van der Waals surface area (Å²) in [5, 5.41) is 8.81. The van der Waals surface area contributed by atoms with E-state index in [1.165, 1.54) is 0 Å². The van der Waals surface area contributed by atoms with Gasteiger partial charge in [0.15, 0.2) is 17.5 Å². The standard InChI is InChI=1S/C16H26N4O4.HI/c1-17-16(20-11-15(21)18-7-8-22-2)19-10-12-5-6-13(23-3)14(9-12)24-4;/h5-6,9H,7-8,10-11H2,1-4H3,(H,18,21)(H2,17,19,20);1H. The largest absolute Gasteiger partial charge is 0.493 e. The van der Waals surface area contributed by atoms with Gasteiger partial charge < -0.3 is 30.2 Å². The van der Waals surface area contributed by atoms with E-state index in [9.17, 15) is 4.79 Å². The third-order valence-corrected chi connectivity index (χ3v) is 3.18. The molecule has 0 unspecified atom stereocenters. The number of carbonyl (C=O) groups excluding carboxylic acids is 1. The van der Waals surface area contributed by atoms with Crippen LogP contribution in [0.4, 0.5) is 0 Å². The van der Waals surface area contributed by atoms with Crippen LogP contribution in [0.2, 0.25) is 0 Å². The van der Waals surface area contributed by atoms with E-state index in [4.69, 9.17) is 14.2 Å². The molecule has 0 aliphatic rings. The van der Waals surface area contributed by atoms with Gasteiger partial charge in [0.25, 0.3) is 0 Å². The van der Waals surface area contributed by atoms with Crippen molar-refractivity contribution in [3.63, 3.8) is 0 Å². The second kappa shape index (κ2) is 13.5. The van der Waals surface area contributed by atoms with E-state index in [2.05, 4.69) is 20.9 Å². The van der Waals surface area contributed by atoms with Gasteiger partial charge in [0.1, 0.15) is 0 Å². The number of nitrogens with one attached hydrogen (secondary N) is 3. The smallest absolute Gasteiger partial charge is 0.239 e. The Bertz CT molecular complexity index is 555. The minimum atomic E-state index is -0.124. The van der Waals surface area contributed by atoms with E-state index < -0.39 is 0 Å². The number of ether oxygens (including phenoxy) is 3. The first-order valence-electron chi connectivity index (χ1n) is 7.55. The second-order valence-electron chi connectivity index (χ2n) is 4.81. The number of methoxy groups -OCH3 is 3. The fraction of sp³-hybridized carbons (Fsp3) is 0.500. The molecule has 0 aromatic heterocycles. The highest BCUT2D eigenvalue weighted by Gasteiger charge is 2.06. The predicted molar refractivity (Wildman–Crippen MR) is 108 cm³/mol. The number of halogens is 1. The van der Waals surface area contributed by atoms with Crippen LogP contribution < -0.4 is 25.4 Å². The molecule has 0 aliphatic heterocycles. The van der Waals surface area contributed by atoms with E-state index >= 15 is 0 Å². The van der Waals surface area contributed by atoms with Crippen LogP contribution in [0.25, 0.3) is 0 Å². The molecule has 0 bridgehead atoms. The number of aliphatic imine (C=N–C) groups is 1. The van der Waals surface area contributed by atoms with E-state index in [0.717, 1.165) is 5.56 Å². The lowest BCUT2D eigenvalue weighted by Crippen LogP contribution is -2.43. The van der Waals surface area contributed by atoms with Crippen molar-refractivity contribution in [1.29, 1.82) is 0 Å². The van der Waals surface area contributed by atoms with Crippen LogP contribution in [0.15, 0.2) is 23.2 Å². The summed E-state index contributed by atoms with van der Waals surface area (Å²) in [6.07, 6.45) is 0. The average molecular weight is 466 g/mol. The summed E-state index contributed by atoms with van der Waals surface area (Å²) < 4.78 is 15.4. The third kappa shape index (κ3) is 8.77. The normalized spacial score (nSPS) is 10.5. The zero-order chi connectivity index (χ0) is 17.8. The van der Waals surface area contributed by atoms with Gasteiger partial charge in [0, 0.05) is 27.2 Å². The van der Waals surface area contributed by atoms with Crippen molar-refractivity contribution in [2.45, 2.75) is 6.54 Å². The fourth-order valence-corrected chi connectivity index (χ4v) is 1.92. The van der Waals surface area contributed by atoms with Crippen LogP contribution in [0.5, 0.6) is 11.5 Å². The number of hydrogen-bond acceptors (Lipinski definition) is 5. The Morgan fingerprint density at radius 2 is 1.80 bits per heavy atom. The first kappa shape index (κ1) is 23.2. The van der Waals surface area contributed by atoms with E-state index in [0.29, 0.717) is 37.2 Å². The summed E-state index contributed by atoms with van der Waals surface area (Å²) >= 11 is 0. The molecule has 0 saturated carbocycles. The molecule has 0 spiro atoms. The van der Waals surface area contributed by atoms with Crippen LogP contribution in [0.1, 0.15) is 5.56 Å². The highest BCUT2D eigenvalue weighted by molar-refractivity contribution is 14.0. The Balaban J connectivity index is 0.00000576. The first-order chi connectivity index (χ1) is 11.6. The van der Waals surface area contributed by atoms with Gasteiger partial charge in [-0.15, -0.1) is 24.0 Å². The lowest BCUT2D eigenvalue weighted by molar-refractivity contribution is -0.120. The molecule has 142 valence electrons. The van der Waals surface area contributed by atoms with Crippen molar-refractivity contribution in [2.24, 2.45) is 4.99 Å². The predicted octanol–water partition coefficient (Wildman–Crippen LogP) is 0.749. The molecule has 1 amide bonds. The topological polar surface area (TPSA) is 93.2 Å². The Kier molecular flexibility index (Phi) is 12.6. The molecule has 0 fully saturated rings. The van der Waals surface area contributed by atoms with E-state index in [1.54, 1.807) is 28.4 Å². The molecule has 1 aromatic rings. The third-order valence-electron chi connectivity index (χ3n) is 3.18. The zero-order valence-electron chi connectivity index (χ0n) is 15.0. The highest BCUT2D eigenvalue weighted by Crippen LogP contribution is 2.27. The lowest BCUT2D eigenvalue weighted by Gasteiger charge is -2.13. The lowest BCUT2D eigenvalue weighted by atomic mass is 10.2. The molecule has 0 saturated heterocycles. The van der Waals surface area contributed by atoms with E-state index in [1.807, 2.05) is 18.2 Å². The van der Waals surface area contributed by atoms with Crippen LogP contribution in [0.3, 0.4) is 0 Å². The summed E-state index contributed by atoms with van der Waals surface area (Å²) in [7, 11) is 6.42. The van der Waals surface area contributed by atoms with Crippen LogP contribution in [-0.4, -0.2) is 59.9 Å². The van der Waals surface area contributed by atoms with Crippen molar-refractivity contribution >= 4 is 35.8 Å². The first-order valence-corrected chi connectivity index (χ1v) is 7.55. The van der Waals surface area contributed by atoms with Gasteiger partial charge >= 0.3 is 0 Å². The van der Waals surface area contributed by atoms with Gasteiger partial charge in [-0.3, -0.25) is 9.79 Å². The Hall–Kier alpha value is -1.75. The van der Waals surface area contributed by atoms with Gasteiger partial charge in [-0.1, -0.05) is 6.07 Å². The molecule has 8 nitrogen and oxygen atoms in total. The summed E-state index contributed by atoms with van der Waals surface area (Å²) in [5.41, 5.74) is 1.00. The van der Waals surface area contributed by atoms with Crippen molar-refractivity contribution in [1.82, 2.24) is 16.0 Å². The number of hydrogen-bond donors (Lipinski definition) is 3. The maximum absolute atomic E-state index is 11.6. The minimum Gasteiger partial charge on any atom is -0.493 e. The molecule has 1 rings (SSSR count). The van der Waals surface area contributed by atoms with Gasteiger partial charge in [-0.25, -0.2) is 0 Å². The molecule has 1 aromatic carbocycles. The number of rotatable bonds is 9. The van der Waals surface area contributed by atoms with Crippen molar-refractivity contribution in [3.8, 4) is 11.5 Å². The van der Waals surface area contributed by atoms with Gasteiger partial charge in [-0.2, -0.15) is 0 Å². The minimum absolute atomic E-state index is 0. The highest BCUT2D eigenvalue weighted by atomic mass is 127. The van der Waals surface area contributed by atoms with E-state index in [-0.39, 0.29) is 36.4 Å². The Morgan fingerprint density at radius 1 is 1.08 bits per heavy atom. The molecular weight excluding hydrogens is 439 g/mol. The summed E-state index contributed by atoms with van der Waals surface area (Å²) in [6.45, 7) is 1.63. The van der Waals surface area contributed by atoms with Crippen molar-refractivity contribution < 1.29 is 19.0 Å². The zero-order valence-corrected chi connectivity index (χ0v) is 17.4. The van der Waals surface area contributed by atoms with Crippen LogP contribution >= 0.6 is 24.0 Å². The molecule has 0 aliphatic carbocycles. The van der Waals surface area contributed by atoms with Crippen molar-refractivity contribution in [2.75, 3.05) is 48.1 Å². The monoisotopic (exact) mass is 466 g/mol. The van der Waals surface area contributed by atoms with Gasteiger partial charge in [-0.05, 0) is 17.7 Å². The molecule has 25 heavy (non-hydrogen) atoms.